The number of hydrogen-bond acceptors (Lipinski definition) is 5. The summed E-state index contributed by atoms with van der Waals surface area (Å²) < 4.78 is 2.03. The van der Waals surface area contributed by atoms with Gasteiger partial charge in [-0.25, -0.2) is 9.97 Å². The summed E-state index contributed by atoms with van der Waals surface area (Å²) in [5, 5.41) is 3.44. The van der Waals surface area contributed by atoms with Crippen LogP contribution in [-0.4, -0.2) is 43.4 Å². The van der Waals surface area contributed by atoms with Crippen molar-refractivity contribution < 1.29 is 4.79 Å². The Bertz CT molecular complexity index is 732. The Balaban J connectivity index is 1.54. The van der Waals surface area contributed by atoms with Crippen LogP contribution in [0.1, 0.15) is 48.0 Å². The van der Waals surface area contributed by atoms with Crippen molar-refractivity contribution in [3.8, 4) is 0 Å². The summed E-state index contributed by atoms with van der Waals surface area (Å²) in [6.45, 7) is 1.63. The molecule has 1 saturated carbocycles. The SMILES string of the molecule is Cn1ccnc1C(Nc1cncc(C(=O)N2CCCC2)n1)C1CC1. The molecule has 1 atom stereocenters. The van der Waals surface area contributed by atoms with Gasteiger partial charge >= 0.3 is 0 Å². The highest BCUT2D eigenvalue weighted by Crippen LogP contribution is 2.42. The number of carbonyl (C=O) groups excluding carboxylic acids is 1. The van der Waals surface area contributed by atoms with Gasteiger partial charge in [-0.05, 0) is 31.6 Å². The van der Waals surface area contributed by atoms with Crippen molar-refractivity contribution in [2.75, 3.05) is 18.4 Å². The van der Waals surface area contributed by atoms with Gasteiger partial charge in [0, 0.05) is 32.5 Å². The second kappa shape index (κ2) is 6.22. The Morgan fingerprint density at radius 3 is 2.75 bits per heavy atom. The molecule has 126 valence electrons. The molecular weight excluding hydrogens is 304 g/mol. The summed E-state index contributed by atoms with van der Waals surface area (Å²) in [5.74, 6) is 2.17. The van der Waals surface area contributed by atoms with E-state index in [1.54, 1.807) is 12.4 Å². The topological polar surface area (TPSA) is 75.9 Å². The fourth-order valence-electron chi connectivity index (χ4n) is 3.28. The van der Waals surface area contributed by atoms with Crippen LogP contribution in [0.25, 0.3) is 0 Å². The lowest BCUT2D eigenvalue weighted by atomic mass is 10.1. The Morgan fingerprint density at radius 2 is 2.08 bits per heavy atom. The van der Waals surface area contributed by atoms with Gasteiger partial charge < -0.3 is 14.8 Å². The first-order valence-corrected chi connectivity index (χ1v) is 8.57. The average molecular weight is 326 g/mol. The molecule has 2 aromatic rings. The monoisotopic (exact) mass is 326 g/mol. The van der Waals surface area contributed by atoms with Gasteiger partial charge in [0.2, 0.25) is 0 Å². The number of nitrogens with zero attached hydrogens (tertiary/aromatic N) is 5. The zero-order valence-electron chi connectivity index (χ0n) is 13.9. The van der Waals surface area contributed by atoms with E-state index >= 15 is 0 Å². The van der Waals surface area contributed by atoms with Crippen LogP contribution < -0.4 is 5.32 Å². The highest BCUT2D eigenvalue weighted by atomic mass is 16.2. The molecule has 7 heteroatoms. The molecule has 4 rings (SSSR count). The van der Waals surface area contributed by atoms with Gasteiger partial charge in [0.15, 0.2) is 0 Å². The molecule has 1 saturated heterocycles. The third-order valence-electron chi connectivity index (χ3n) is 4.78. The van der Waals surface area contributed by atoms with Crippen molar-refractivity contribution in [2.45, 2.75) is 31.7 Å². The van der Waals surface area contributed by atoms with Crippen molar-refractivity contribution in [1.29, 1.82) is 0 Å². The lowest BCUT2D eigenvalue weighted by Gasteiger charge is -2.19. The number of aryl methyl sites for hydroxylation is 1. The maximum atomic E-state index is 12.5. The van der Waals surface area contributed by atoms with Crippen LogP contribution >= 0.6 is 0 Å². The smallest absolute Gasteiger partial charge is 0.274 e. The van der Waals surface area contributed by atoms with Crippen molar-refractivity contribution in [3.05, 3.63) is 36.3 Å². The number of imidazole rings is 1. The van der Waals surface area contributed by atoms with E-state index in [0.29, 0.717) is 17.4 Å². The van der Waals surface area contributed by atoms with E-state index in [1.807, 2.05) is 28.9 Å². The molecule has 0 aromatic carbocycles. The molecule has 24 heavy (non-hydrogen) atoms. The van der Waals surface area contributed by atoms with Crippen LogP contribution in [0.2, 0.25) is 0 Å². The minimum atomic E-state index is -0.0244. The van der Waals surface area contributed by atoms with Crippen molar-refractivity contribution in [1.82, 2.24) is 24.4 Å². The van der Waals surface area contributed by atoms with Gasteiger partial charge in [-0.1, -0.05) is 0 Å². The molecule has 1 unspecified atom stereocenters. The minimum Gasteiger partial charge on any atom is -0.359 e. The number of aromatic nitrogens is 4. The lowest BCUT2D eigenvalue weighted by Crippen LogP contribution is -2.29. The van der Waals surface area contributed by atoms with E-state index in [1.165, 1.54) is 12.8 Å². The standard InChI is InChI=1S/C17H22N6O/c1-22-9-6-19-16(22)15(12-4-5-12)21-14-11-18-10-13(20-14)17(24)23-7-2-3-8-23/h6,9-12,15H,2-5,7-8H2,1H3,(H,20,21). The summed E-state index contributed by atoms with van der Waals surface area (Å²) in [7, 11) is 2.00. The molecule has 1 aliphatic heterocycles. The number of likely N-dealkylation sites (tertiary alicyclic amines) is 1. The second-order valence-electron chi connectivity index (χ2n) is 6.64. The summed E-state index contributed by atoms with van der Waals surface area (Å²) in [4.78, 5) is 27.5. The van der Waals surface area contributed by atoms with Gasteiger partial charge in [-0.15, -0.1) is 0 Å². The lowest BCUT2D eigenvalue weighted by molar-refractivity contribution is 0.0786. The Labute approximate surface area is 141 Å². The number of anilines is 1. The van der Waals surface area contributed by atoms with Gasteiger partial charge in [0.1, 0.15) is 17.3 Å². The van der Waals surface area contributed by atoms with Crippen LogP contribution in [0.4, 0.5) is 5.82 Å². The first kappa shape index (κ1) is 15.1. The van der Waals surface area contributed by atoms with Gasteiger partial charge in [-0.3, -0.25) is 9.78 Å². The van der Waals surface area contributed by atoms with Crippen LogP contribution in [0.5, 0.6) is 0 Å². The third kappa shape index (κ3) is 2.98. The fourth-order valence-corrected chi connectivity index (χ4v) is 3.28. The maximum Gasteiger partial charge on any atom is 0.274 e. The van der Waals surface area contributed by atoms with Crippen LogP contribution in [0.15, 0.2) is 24.8 Å². The van der Waals surface area contributed by atoms with Crippen molar-refractivity contribution in [3.63, 3.8) is 0 Å². The number of rotatable bonds is 5. The molecule has 2 aliphatic rings. The molecule has 7 nitrogen and oxygen atoms in total. The van der Waals surface area contributed by atoms with Gasteiger partial charge in [0.05, 0.1) is 18.4 Å². The third-order valence-corrected chi connectivity index (χ3v) is 4.78. The average Bonchev–Trinajstić information content (AvgIpc) is 3.11. The van der Waals surface area contributed by atoms with Crippen LogP contribution in [0.3, 0.4) is 0 Å². The van der Waals surface area contributed by atoms with Gasteiger partial charge in [-0.2, -0.15) is 0 Å². The molecule has 2 aromatic heterocycles. The van der Waals surface area contributed by atoms with E-state index in [2.05, 4.69) is 20.3 Å². The van der Waals surface area contributed by atoms with E-state index in [0.717, 1.165) is 31.8 Å². The number of nitrogens with one attached hydrogen (secondary N) is 1. The van der Waals surface area contributed by atoms with Crippen molar-refractivity contribution >= 4 is 11.7 Å². The first-order valence-electron chi connectivity index (χ1n) is 8.57. The molecule has 1 aliphatic carbocycles. The largest absolute Gasteiger partial charge is 0.359 e. The zero-order chi connectivity index (χ0) is 16.5. The minimum absolute atomic E-state index is 0.0244. The van der Waals surface area contributed by atoms with Crippen LogP contribution in [0, 0.1) is 5.92 Å². The van der Waals surface area contributed by atoms with Crippen molar-refractivity contribution in [2.24, 2.45) is 13.0 Å². The predicted molar refractivity (Wildman–Crippen MR) is 89.5 cm³/mol. The quantitative estimate of drug-likeness (QED) is 0.909. The molecule has 1 amide bonds. The summed E-state index contributed by atoms with van der Waals surface area (Å²) in [6.07, 6.45) is 11.5. The second-order valence-corrected chi connectivity index (χ2v) is 6.64. The van der Waals surface area contributed by atoms with Crippen LogP contribution in [-0.2, 0) is 7.05 Å². The van der Waals surface area contributed by atoms with E-state index in [9.17, 15) is 4.79 Å². The predicted octanol–water partition coefficient (Wildman–Crippen LogP) is 2.01. The molecular formula is C17H22N6O. The van der Waals surface area contributed by atoms with E-state index < -0.39 is 0 Å². The Hall–Kier alpha value is -2.44. The van der Waals surface area contributed by atoms with Gasteiger partial charge in [0.25, 0.3) is 5.91 Å². The Kier molecular flexibility index (Phi) is 3.92. The molecule has 3 heterocycles. The summed E-state index contributed by atoms with van der Waals surface area (Å²) >= 11 is 0. The molecule has 0 bridgehead atoms. The molecule has 2 fully saturated rings. The number of hydrogen-bond donors (Lipinski definition) is 1. The normalized spacial score (nSPS) is 18.6. The van der Waals surface area contributed by atoms with E-state index in [-0.39, 0.29) is 11.9 Å². The highest BCUT2D eigenvalue weighted by Gasteiger charge is 2.35. The fraction of sp³-hybridized carbons (Fsp3) is 0.529. The summed E-state index contributed by atoms with van der Waals surface area (Å²) in [5.41, 5.74) is 0.413. The zero-order valence-corrected chi connectivity index (χ0v) is 13.9. The molecule has 1 N–H and O–H groups in total. The number of carbonyl (C=O) groups is 1. The maximum absolute atomic E-state index is 12.5. The Morgan fingerprint density at radius 1 is 1.29 bits per heavy atom. The number of amides is 1. The molecule has 0 radical (unpaired) electrons. The highest BCUT2D eigenvalue weighted by molar-refractivity contribution is 5.92. The first-order chi connectivity index (χ1) is 11.7. The van der Waals surface area contributed by atoms with E-state index in [4.69, 9.17) is 0 Å². The summed E-state index contributed by atoms with van der Waals surface area (Å²) in [6, 6.07) is 0.108. The molecule has 0 spiro atoms.